The summed E-state index contributed by atoms with van der Waals surface area (Å²) in [6.45, 7) is 2.17. The molecule has 0 radical (unpaired) electrons. The van der Waals surface area contributed by atoms with Crippen LogP contribution in [-0.4, -0.2) is 77.2 Å². The van der Waals surface area contributed by atoms with Crippen molar-refractivity contribution in [2.75, 3.05) is 27.4 Å². The van der Waals surface area contributed by atoms with Gasteiger partial charge >= 0.3 is 17.9 Å². The van der Waals surface area contributed by atoms with Crippen molar-refractivity contribution in [2.45, 2.75) is 35.2 Å². The molecule has 1 aromatic heterocycles. The van der Waals surface area contributed by atoms with E-state index in [4.69, 9.17) is 14.2 Å². The molecule has 0 unspecified atom stereocenters. The first kappa shape index (κ1) is 26.3. The molecule has 4 atom stereocenters. The largest absolute Gasteiger partial charge is 0.469 e. The van der Waals surface area contributed by atoms with E-state index in [1.807, 2.05) is 29.2 Å². The normalized spacial score (nSPS) is 24.9. The zero-order chi connectivity index (χ0) is 28.3. The minimum absolute atomic E-state index is 0.0246. The Kier molecular flexibility index (Phi) is 6.30. The monoisotopic (exact) mass is 562 g/mol. The lowest BCUT2D eigenvalue weighted by Crippen LogP contribution is -2.49. The van der Waals surface area contributed by atoms with Gasteiger partial charge in [0.15, 0.2) is 0 Å². The zero-order valence-corrected chi connectivity index (χ0v) is 22.9. The molecule has 6 rings (SSSR count). The summed E-state index contributed by atoms with van der Waals surface area (Å²) in [6.07, 6.45) is 0.604. The quantitative estimate of drug-likeness (QED) is 0.199. The van der Waals surface area contributed by atoms with Gasteiger partial charge in [-0.25, -0.2) is 4.79 Å². The van der Waals surface area contributed by atoms with Crippen LogP contribution in [-0.2, 0) is 35.0 Å². The first-order valence-electron chi connectivity index (χ1n) is 12.9. The van der Waals surface area contributed by atoms with E-state index in [0.717, 1.165) is 30.0 Å². The van der Waals surface area contributed by atoms with Crippen LogP contribution in [0.5, 0.6) is 0 Å². The lowest BCUT2D eigenvalue weighted by molar-refractivity contribution is -0.157. The van der Waals surface area contributed by atoms with E-state index < -0.39 is 52.3 Å². The number of thioether (sulfide) groups is 1. The van der Waals surface area contributed by atoms with E-state index in [1.54, 1.807) is 31.2 Å². The minimum Gasteiger partial charge on any atom is -0.469 e. The Morgan fingerprint density at radius 2 is 1.73 bits per heavy atom. The van der Waals surface area contributed by atoms with E-state index >= 15 is 0 Å². The topological polar surface area (TPSA) is 121 Å². The zero-order valence-electron chi connectivity index (χ0n) is 22.0. The lowest BCUT2D eigenvalue weighted by atomic mass is 9.80. The number of fused-ring (bicyclic) bond motifs is 7. The van der Waals surface area contributed by atoms with E-state index in [2.05, 4.69) is 0 Å². The number of Topliss-reactive ketones (excluding diaryl/α,β-unsaturated/α-hetero) is 1. The standard InChI is InChI=1S/C29H26N2O8S/c1-4-39-26(34)21-20(25(33)37-2)29(23-16-10-6-5-9-15(16)13-14-30(21)23)28(36)31-18-12-8-7-11-17(18)19(24(31)40-29)22(32)27(35)38-3/h5-12,20-21,23H,4,13-14H2,1-3H3/t20-,21+,23-,29+/m1/s1. The Morgan fingerprint density at radius 3 is 2.45 bits per heavy atom. The molecule has 0 N–H and O–H groups in total. The number of carbonyl (C=O) groups is 5. The maximum absolute atomic E-state index is 14.9. The maximum Gasteiger partial charge on any atom is 0.379 e. The van der Waals surface area contributed by atoms with Gasteiger partial charge in [0.2, 0.25) is 0 Å². The Labute approximate surface area is 233 Å². The Hall–Kier alpha value is -3.96. The SMILES string of the molecule is CCOC(=O)[C@@H]1[C@H](C(=O)OC)[C@]2(Sc3c(C(=O)C(=O)OC)c4ccccc4n3C2=O)[C@H]2c3ccccc3CCN12. The van der Waals surface area contributed by atoms with Crippen LogP contribution in [0.15, 0.2) is 53.6 Å². The highest BCUT2D eigenvalue weighted by atomic mass is 32.2. The van der Waals surface area contributed by atoms with Gasteiger partial charge in [-0.1, -0.05) is 54.2 Å². The van der Waals surface area contributed by atoms with Crippen LogP contribution in [0.1, 0.15) is 39.2 Å². The number of esters is 3. The van der Waals surface area contributed by atoms with Crippen LogP contribution >= 0.6 is 11.8 Å². The van der Waals surface area contributed by atoms with Gasteiger partial charge in [0.05, 0.1) is 43.0 Å². The first-order valence-corrected chi connectivity index (χ1v) is 13.7. The highest BCUT2D eigenvalue weighted by Crippen LogP contribution is 2.64. The lowest BCUT2D eigenvalue weighted by Gasteiger charge is -2.39. The molecule has 2 aromatic carbocycles. The van der Waals surface area contributed by atoms with Gasteiger partial charge in [0.1, 0.15) is 16.7 Å². The van der Waals surface area contributed by atoms with Crippen molar-refractivity contribution in [1.29, 1.82) is 0 Å². The number of para-hydroxylation sites is 1. The van der Waals surface area contributed by atoms with Crippen LogP contribution in [0, 0.1) is 5.92 Å². The number of carbonyl (C=O) groups excluding carboxylic acids is 5. The smallest absolute Gasteiger partial charge is 0.379 e. The second-order valence-corrected chi connectivity index (χ2v) is 11.1. The van der Waals surface area contributed by atoms with E-state index in [9.17, 15) is 24.0 Å². The fourth-order valence-corrected chi connectivity index (χ4v) is 8.37. The van der Waals surface area contributed by atoms with Gasteiger partial charge in [-0.3, -0.25) is 28.6 Å². The average Bonchev–Trinajstić information content (AvgIpc) is 3.57. The highest BCUT2D eigenvalue weighted by molar-refractivity contribution is 8.02. The van der Waals surface area contributed by atoms with Crippen LogP contribution in [0.25, 0.3) is 10.9 Å². The van der Waals surface area contributed by atoms with Crippen molar-refractivity contribution < 1.29 is 38.2 Å². The molecule has 3 aliphatic rings. The molecule has 0 amide bonds. The number of benzene rings is 2. The molecule has 0 bridgehead atoms. The predicted molar refractivity (Wildman–Crippen MR) is 143 cm³/mol. The summed E-state index contributed by atoms with van der Waals surface area (Å²) in [5, 5.41) is 0.641. The molecule has 0 aliphatic carbocycles. The van der Waals surface area contributed by atoms with Crippen LogP contribution in [0.4, 0.5) is 0 Å². The summed E-state index contributed by atoms with van der Waals surface area (Å²) in [4.78, 5) is 69.7. The van der Waals surface area contributed by atoms with Gasteiger partial charge in [0, 0.05) is 11.9 Å². The van der Waals surface area contributed by atoms with Crippen molar-refractivity contribution in [1.82, 2.24) is 9.47 Å². The summed E-state index contributed by atoms with van der Waals surface area (Å²) >= 11 is 1.04. The number of hydrogen-bond acceptors (Lipinski definition) is 10. The molecular formula is C29H26N2O8S. The number of hydrogen-bond donors (Lipinski definition) is 0. The van der Waals surface area contributed by atoms with Crippen molar-refractivity contribution >= 4 is 52.3 Å². The number of methoxy groups -OCH3 is 2. The maximum atomic E-state index is 14.9. The van der Waals surface area contributed by atoms with Crippen molar-refractivity contribution in [2.24, 2.45) is 5.92 Å². The van der Waals surface area contributed by atoms with E-state index in [1.165, 1.54) is 11.7 Å². The number of ketones is 1. The van der Waals surface area contributed by atoms with E-state index in [0.29, 0.717) is 23.9 Å². The average molecular weight is 563 g/mol. The summed E-state index contributed by atoms with van der Waals surface area (Å²) in [5.74, 6) is -5.06. The Bertz CT molecular complexity index is 1610. The molecule has 4 heterocycles. The fourth-order valence-electron chi connectivity index (χ4n) is 6.57. The predicted octanol–water partition coefficient (Wildman–Crippen LogP) is 2.82. The molecule has 1 fully saturated rings. The third-order valence-electron chi connectivity index (χ3n) is 8.08. The fraction of sp³-hybridized carbons (Fsp3) is 0.345. The Morgan fingerprint density at radius 1 is 1.00 bits per heavy atom. The molecule has 40 heavy (non-hydrogen) atoms. The van der Waals surface area contributed by atoms with Crippen molar-refractivity contribution in [3.8, 4) is 0 Å². The van der Waals surface area contributed by atoms with E-state index in [-0.39, 0.29) is 17.2 Å². The molecule has 0 saturated carbocycles. The number of rotatable bonds is 5. The molecule has 206 valence electrons. The summed E-state index contributed by atoms with van der Waals surface area (Å²) in [5.41, 5.74) is 2.25. The molecule has 3 aliphatic heterocycles. The molecule has 10 nitrogen and oxygen atoms in total. The van der Waals surface area contributed by atoms with Gasteiger partial charge in [-0.05, 0) is 30.5 Å². The number of ether oxygens (including phenoxy) is 3. The van der Waals surface area contributed by atoms with Crippen LogP contribution in [0.2, 0.25) is 0 Å². The third kappa shape index (κ3) is 3.37. The highest BCUT2D eigenvalue weighted by Gasteiger charge is 2.73. The van der Waals surface area contributed by atoms with Gasteiger partial charge in [-0.15, -0.1) is 0 Å². The van der Waals surface area contributed by atoms with Crippen LogP contribution in [0.3, 0.4) is 0 Å². The van der Waals surface area contributed by atoms with Crippen molar-refractivity contribution in [3.05, 3.63) is 65.2 Å². The number of aromatic nitrogens is 1. The summed E-state index contributed by atoms with van der Waals surface area (Å²) in [6, 6.07) is 12.6. The van der Waals surface area contributed by atoms with Crippen molar-refractivity contribution in [3.63, 3.8) is 0 Å². The third-order valence-corrected chi connectivity index (χ3v) is 9.65. The van der Waals surface area contributed by atoms with Gasteiger partial charge in [0.25, 0.3) is 11.7 Å². The molecule has 11 heteroatoms. The molecule has 3 aromatic rings. The second kappa shape index (κ2) is 9.60. The Balaban J connectivity index is 1.65. The number of nitrogens with zero attached hydrogens (tertiary/aromatic N) is 2. The molecular weight excluding hydrogens is 536 g/mol. The van der Waals surface area contributed by atoms with Crippen LogP contribution < -0.4 is 0 Å². The minimum atomic E-state index is -1.59. The second-order valence-electron chi connectivity index (χ2n) is 9.84. The summed E-state index contributed by atoms with van der Waals surface area (Å²) < 4.78 is 15.2. The summed E-state index contributed by atoms with van der Waals surface area (Å²) in [7, 11) is 2.33. The van der Waals surface area contributed by atoms with Gasteiger partial charge in [-0.2, -0.15) is 0 Å². The molecule has 1 spiro atoms. The molecule has 1 saturated heterocycles. The first-order chi connectivity index (χ1) is 19.3. The van der Waals surface area contributed by atoms with Gasteiger partial charge < -0.3 is 14.2 Å².